The van der Waals surface area contributed by atoms with E-state index in [9.17, 15) is 0 Å². The van der Waals surface area contributed by atoms with E-state index in [0.717, 1.165) is 0 Å². The third-order valence-electron chi connectivity index (χ3n) is 5.55. The Hall–Kier alpha value is -3.58. The topological polar surface area (TPSA) is 4.93 Å². The van der Waals surface area contributed by atoms with Crippen LogP contribution < -0.4 is 0 Å². The Morgan fingerprint density at radius 2 is 1.32 bits per heavy atom. The van der Waals surface area contributed by atoms with Crippen LogP contribution in [0.5, 0.6) is 0 Å². The molecule has 0 saturated carbocycles. The molecule has 0 aliphatic heterocycles. The van der Waals surface area contributed by atoms with Gasteiger partial charge in [-0.15, -0.1) is 0 Å². The zero-order valence-corrected chi connectivity index (χ0v) is 15.9. The standard InChI is InChI=1S/C27H21N/c1-3-4-12-21-19(2)27(18-20-11-5-6-13-22(20)21)28-25-16-9-7-14-23(25)24-15-8-10-17-26(24)28/h3-18H,1H2,2H3/b12-4-. The fourth-order valence-corrected chi connectivity index (χ4v) is 4.26. The Balaban J connectivity index is 1.96. The predicted octanol–water partition coefficient (Wildman–Crippen LogP) is 7.44. The molecule has 1 nitrogen and oxygen atoms in total. The molecule has 0 fully saturated rings. The monoisotopic (exact) mass is 359 g/mol. The summed E-state index contributed by atoms with van der Waals surface area (Å²) < 4.78 is 2.40. The maximum Gasteiger partial charge on any atom is 0.0541 e. The van der Waals surface area contributed by atoms with Crippen molar-refractivity contribution in [1.29, 1.82) is 0 Å². The molecule has 0 bridgehead atoms. The highest BCUT2D eigenvalue weighted by molar-refractivity contribution is 6.09. The molecule has 0 amide bonds. The molecule has 0 aliphatic carbocycles. The van der Waals surface area contributed by atoms with Gasteiger partial charge in [-0.2, -0.15) is 0 Å². The fourth-order valence-electron chi connectivity index (χ4n) is 4.26. The summed E-state index contributed by atoms with van der Waals surface area (Å²) in [5.74, 6) is 0. The van der Waals surface area contributed by atoms with Gasteiger partial charge >= 0.3 is 0 Å². The van der Waals surface area contributed by atoms with E-state index in [2.05, 4.69) is 103 Å². The summed E-state index contributed by atoms with van der Waals surface area (Å²) >= 11 is 0. The van der Waals surface area contributed by atoms with Crippen molar-refractivity contribution in [2.75, 3.05) is 0 Å². The van der Waals surface area contributed by atoms with Crippen LogP contribution >= 0.6 is 0 Å². The van der Waals surface area contributed by atoms with E-state index in [1.54, 1.807) is 0 Å². The first kappa shape index (κ1) is 16.6. The number of fused-ring (bicyclic) bond motifs is 4. The smallest absolute Gasteiger partial charge is 0.0541 e. The SMILES string of the molecule is C=C/C=C\c1c(C)c(-n2c3ccccc3c3ccccc32)cc2ccccc12. The molecule has 0 atom stereocenters. The third kappa shape index (κ3) is 2.40. The maximum atomic E-state index is 3.85. The minimum absolute atomic E-state index is 1.22. The van der Waals surface area contributed by atoms with Crippen LogP contribution in [0.4, 0.5) is 0 Å². The second-order valence-electron chi connectivity index (χ2n) is 7.12. The number of hydrogen-bond acceptors (Lipinski definition) is 0. The molecule has 1 aromatic heterocycles. The lowest BCUT2D eigenvalue weighted by Gasteiger charge is -2.16. The number of para-hydroxylation sites is 2. The van der Waals surface area contributed by atoms with Crippen LogP contribution in [0.2, 0.25) is 0 Å². The first-order chi connectivity index (χ1) is 13.8. The number of benzene rings is 4. The van der Waals surface area contributed by atoms with Crippen LogP contribution in [0, 0.1) is 6.92 Å². The second kappa shape index (κ2) is 6.54. The van der Waals surface area contributed by atoms with Crippen LogP contribution in [0.1, 0.15) is 11.1 Å². The zero-order chi connectivity index (χ0) is 19.1. The minimum Gasteiger partial charge on any atom is -0.309 e. The average Bonchev–Trinajstić information content (AvgIpc) is 3.07. The maximum absolute atomic E-state index is 3.85. The van der Waals surface area contributed by atoms with Gasteiger partial charge in [0.1, 0.15) is 0 Å². The van der Waals surface area contributed by atoms with E-state index in [-0.39, 0.29) is 0 Å². The highest BCUT2D eigenvalue weighted by atomic mass is 15.0. The van der Waals surface area contributed by atoms with Gasteiger partial charge in [0, 0.05) is 10.8 Å². The first-order valence-corrected chi connectivity index (χ1v) is 9.59. The molecular formula is C27H21N. The molecule has 0 aliphatic rings. The van der Waals surface area contributed by atoms with Crippen LogP contribution in [0.25, 0.3) is 44.3 Å². The van der Waals surface area contributed by atoms with Gasteiger partial charge in [-0.1, -0.05) is 85.5 Å². The Morgan fingerprint density at radius 1 is 0.750 bits per heavy atom. The van der Waals surface area contributed by atoms with Crippen molar-refractivity contribution in [3.05, 3.63) is 109 Å². The molecule has 4 aromatic carbocycles. The quantitative estimate of drug-likeness (QED) is 0.295. The van der Waals surface area contributed by atoms with Crippen molar-refractivity contribution in [1.82, 2.24) is 4.57 Å². The zero-order valence-electron chi connectivity index (χ0n) is 15.9. The molecule has 0 unspecified atom stereocenters. The lowest BCUT2D eigenvalue weighted by Crippen LogP contribution is -1.99. The summed E-state index contributed by atoms with van der Waals surface area (Å²) in [5, 5.41) is 5.08. The number of allylic oxidation sites excluding steroid dienone is 2. The molecular weight excluding hydrogens is 338 g/mol. The fraction of sp³-hybridized carbons (Fsp3) is 0.0370. The van der Waals surface area contributed by atoms with Gasteiger partial charge in [0.05, 0.1) is 16.7 Å². The summed E-state index contributed by atoms with van der Waals surface area (Å²) in [6, 6.07) is 28.2. The summed E-state index contributed by atoms with van der Waals surface area (Å²) in [6.45, 7) is 6.06. The van der Waals surface area contributed by atoms with E-state index in [0.29, 0.717) is 0 Å². The number of hydrogen-bond donors (Lipinski definition) is 0. The van der Waals surface area contributed by atoms with Gasteiger partial charge < -0.3 is 4.57 Å². The summed E-state index contributed by atoms with van der Waals surface area (Å²) in [6.07, 6.45) is 6.02. The van der Waals surface area contributed by atoms with Gasteiger partial charge in [-0.3, -0.25) is 0 Å². The highest BCUT2D eigenvalue weighted by Crippen LogP contribution is 2.36. The van der Waals surface area contributed by atoms with Crippen molar-refractivity contribution in [2.45, 2.75) is 6.92 Å². The first-order valence-electron chi connectivity index (χ1n) is 9.59. The normalized spacial score (nSPS) is 11.8. The number of nitrogens with zero attached hydrogens (tertiary/aromatic N) is 1. The second-order valence-corrected chi connectivity index (χ2v) is 7.12. The summed E-state index contributed by atoms with van der Waals surface area (Å²) in [7, 11) is 0. The summed E-state index contributed by atoms with van der Waals surface area (Å²) in [4.78, 5) is 0. The largest absolute Gasteiger partial charge is 0.309 e. The van der Waals surface area contributed by atoms with E-state index in [1.165, 1.54) is 49.4 Å². The average molecular weight is 359 g/mol. The van der Waals surface area contributed by atoms with E-state index in [1.807, 2.05) is 12.2 Å². The highest BCUT2D eigenvalue weighted by Gasteiger charge is 2.15. The lowest BCUT2D eigenvalue weighted by molar-refractivity contribution is 1.15. The number of aromatic nitrogens is 1. The molecule has 1 heterocycles. The molecule has 5 aromatic rings. The van der Waals surface area contributed by atoms with Gasteiger partial charge in [0.2, 0.25) is 0 Å². The lowest BCUT2D eigenvalue weighted by atomic mass is 9.97. The molecule has 1 heteroatoms. The van der Waals surface area contributed by atoms with Crippen LogP contribution in [-0.4, -0.2) is 4.57 Å². The van der Waals surface area contributed by atoms with Gasteiger partial charge in [-0.05, 0) is 47.0 Å². The Bertz CT molecular complexity index is 1330. The van der Waals surface area contributed by atoms with Crippen molar-refractivity contribution in [3.8, 4) is 5.69 Å². The Labute approximate surface area is 164 Å². The molecule has 0 N–H and O–H groups in total. The van der Waals surface area contributed by atoms with Crippen molar-refractivity contribution in [3.63, 3.8) is 0 Å². The van der Waals surface area contributed by atoms with E-state index < -0.39 is 0 Å². The van der Waals surface area contributed by atoms with Gasteiger partial charge in [-0.25, -0.2) is 0 Å². The Kier molecular flexibility index (Phi) is 3.87. The van der Waals surface area contributed by atoms with Crippen LogP contribution in [0.15, 0.2) is 97.6 Å². The third-order valence-corrected chi connectivity index (χ3v) is 5.55. The van der Waals surface area contributed by atoms with Crippen molar-refractivity contribution >= 4 is 38.7 Å². The molecule has 5 rings (SSSR count). The van der Waals surface area contributed by atoms with Crippen LogP contribution in [0.3, 0.4) is 0 Å². The van der Waals surface area contributed by atoms with Gasteiger partial charge in [0.15, 0.2) is 0 Å². The van der Waals surface area contributed by atoms with Crippen LogP contribution in [-0.2, 0) is 0 Å². The minimum atomic E-state index is 1.22. The molecule has 0 radical (unpaired) electrons. The van der Waals surface area contributed by atoms with Gasteiger partial charge in [0.25, 0.3) is 0 Å². The number of rotatable bonds is 3. The van der Waals surface area contributed by atoms with Crippen molar-refractivity contribution in [2.24, 2.45) is 0 Å². The molecule has 28 heavy (non-hydrogen) atoms. The van der Waals surface area contributed by atoms with E-state index >= 15 is 0 Å². The summed E-state index contributed by atoms with van der Waals surface area (Å²) in [5.41, 5.74) is 6.21. The Morgan fingerprint density at radius 3 is 1.96 bits per heavy atom. The van der Waals surface area contributed by atoms with Crippen molar-refractivity contribution < 1.29 is 0 Å². The predicted molar refractivity (Wildman–Crippen MR) is 122 cm³/mol. The molecule has 0 saturated heterocycles. The van der Waals surface area contributed by atoms with E-state index in [4.69, 9.17) is 0 Å². The molecule has 134 valence electrons. The molecule has 0 spiro atoms.